The zero-order chi connectivity index (χ0) is 25.9. The largest absolute Gasteiger partial charge is 0.494 e. The van der Waals surface area contributed by atoms with E-state index in [4.69, 9.17) is 9.15 Å². The van der Waals surface area contributed by atoms with E-state index in [0.717, 1.165) is 48.6 Å². The summed E-state index contributed by atoms with van der Waals surface area (Å²) in [7, 11) is 0. The molecule has 1 N–H and O–H groups in total. The number of benzene rings is 1. The molecule has 1 unspecified atom stereocenters. The fourth-order valence-electron chi connectivity index (χ4n) is 6.04. The SMILES string of the molecule is CCOc1ccc2[nH]c(=O)c(C(c3nnnn3Cc3ccco3)N3CCN(C4CCCCC4)CC3)cc2c1. The molecule has 6 rings (SSSR count). The monoisotopic (exact) mass is 517 g/mol. The van der Waals surface area contributed by atoms with Crippen molar-refractivity contribution >= 4 is 10.9 Å². The van der Waals surface area contributed by atoms with E-state index in [2.05, 4.69) is 30.3 Å². The second-order valence-corrected chi connectivity index (χ2v) is 10.3. The number of piperazine rings is 1. The van der Waals surface area contributed by atoms with Gasteiger partial charge in [0, 0.05) is 48.7 Å². The Kier molecular flexibility index (Phi) is 7.24. The lowest BCUT2D eigenvalue weighted by Crippen LogP contribution is -2.52. The van der Waals surface area contributed by atoms with Crippen LogP contribution in [-0.2, 0) is 6.54 Å². The summed E-state index contributed by atoms with van der Waals surface area (Å²) >= 11 is 0. The molecule has 1 aliphatic heterocycles. The summed E-state index contributed by atoms with van der Waals surface area (Å²) in [5.41, 5.74) is 1.28. The molecule has 0 radical (unpaired) electrons. The van der Waals surface area contributed by atoms with Gasteiger partial charge in [-0.05, 0) is 66.6 Å². The summed E-state index contributed by atoms with van der Waals surface area (Å²) in [5, 5.41) is 13.7. The molecule has 0 spiro atoms. The zero-order valence-electron chi connectivity index (χ0n) is 21.9. The highest BCUT2D eigenvalue weighted by Gasteiger charge is 2.34. The van der Waals surface area contributed by atoms with Gasteiger partial charge in [-0.2, -0.15) is 0 Å². The number of nitrogens with zero attached hydrogens (tertiary/aromatic N) is 6. The van der Waals surface area contributed by atoms with Gasteiger partial charge in [0.1, 0.15) is 24.1 Å². The van der Waals surface area contributed by atoms with Gasteiger partial charge < -0.3 is 14.1 Å². The second-order valence-electron chi connectivity index (χ2n) is 10.3. The lowest BCUT2D eigenvalue weighted by atomic mass is 9.93. The highest BCUT2D eigenvalue weighted by atomic mass is 16.5. The van der Waals surface area contributed by atoms with Gasteiger partial charge in [0.05, 0.1) is 12.9 Å². The third-order valence-electron chi connectivity index (χ3n) is 7.94. The Hall–Kier alpha value is -3.50. The molecule has 10 heteroatoms. The highest BCUT2D eigenvalue weighted by Crippen LogP contribution is 2.31. The van der Waals surface area contributed by atoms with Gasteiger partial charge in [-0.15, -0.1) is 5.10 Å². The number of nitrogens with one attached hydrogen (secondary N) is 1. The van der Waals surface area contributed by atoms with Crippen LogP contribution in [0.3, 0.4) is 0 Å². The van der Waals surface area contributed by atoms with E-state index in [9.17, 15) is 4.79 Å². The maximum absolute atomic E-state index is 13.5. The molecule has 1 saturated carbocycles. The molecule has 1 aliphatic carbocycles. The third-order valence-corrected chi connectivity index (χ3v) is 7.94. The number of furan rings is 1. The molecule has 200 valence electrons. The van der Waals surface area contributed by atoms with Gasteiger partial charge in [0.25, 0.3) is 5.56 Å². The molecule has 3 aromatic heterocycles. The Bertz CT molecular complexity index is 1400. The van der Waals surface area contributed by atoms with E-state index in [1.165, 1.54) is 32.1 Å². The van der Waals surface area contributed by atoms with Crippen LogP contribution in [0, 0.1) is 0 Å². The molecule has 0 bridgehead atoms. The van der Waals surface area contributed by atoms with E-state index >= 15 is 0 Å². The average molecular weight is 518 g/mol. The first-order valence-electron chi connectivity index (χ1n) is 13.8. The first kappa shape index (κ1) is 24.8. The lowest BCUT2D eigenvalue weighted by Gasteiger charge is -2.42. The summed E-state index contributed by atoms with van der Waals surface area (Å²) in [5.74, 6) is 2.17. The van der Waals surface area contributed by atoms with Crippen molar-refractivity contribution in [3.63, 3.8) is 0 Å². The van der Waals surface area contributed by atoms with Crippen molar-refractivity contribution in [2.45, 2.75) is 57.7 Å². The highest BCUT2D eigenvalue weighted by molar-refractivity contribution is 5.80. The number of pyridine rings is 1. The Labute approximate surface area is 221 Å². The lowest BCUT2D eigenvalue weighted by molar-refractivity contribution is 0.0617. The zero-order valence-corrected chi connectivity index (χ0v) is 21.9. The van der Waals surface area contributed by atoms with Gasteiger partial charge in [-0.25, -0.2) is 4.68 Å². The topological polar surface area (TPSA) is 105 Å². The molecular formula is C28H35N7O3. The van der Waals surface area contributed by atoms with E-state index in [1.807, 2.05) is 43.3 Å². The van der Waals surface area contributed by atoms with Crippen molar-refractivity contribution in [1.82, 2.24) is 35.0 Å². The first-order chi connectivity index (χ1) is 18.7. The third kappa shape index (κ3) is 5.10. The minimum Gasteiger partial charge on any atom is -0.494 e. The summed E-state index contributed by atoms with van der Waals surface area (Å²) in [6, 6.07) is 11.8. The van der Waals surface area contributed by atoms with Crippen molar-refractivity contribution in [2.75, 3.05) is 32.8 Å². The second kappa shape index (κ2) is 11.1. The van der Waals surface area contributed by atoms with E-state index in [-0.39, 0.29) is 5.56 Å². The maximum Gasteiger partial charge on any atom is 0.253 e. The smallest absolute Gasteiger partial charge is 0.253 e. The molecule has 4 aromatic rings. The Morgan fingerprint density at radius 3 is 2.71 bits per heavy atom. The van der Waals surface area contributed by atoms with Crippen LogP contribution in [0.15, 0.2) is 51.9 Å². The molecule has 1 saturated heterocycles. The van der Waals surface area contributed by atoms with Crippen molar-refractivity contribution in [3.8, 4) is 5.75 Å². The molecule has 2 aliphatic rings. The van der Waals surface area contributed by atoms with Crippen LogP contribution in [0.4, 0.5) is 0 Å². The van der Waals surface area contributed by atoms with Gasteiger partial charge in [-0.3, -0.25) is 14.6 Å². The minimum absolute atomic E-state index is 0.131. The Morgan fingerprint density at radius 1 is 1.11 bits per heavy atom. The van der Waals surface area contributed by atoms with Gasteiger partial charge in [0.15, 0.2) is 5.82 Å². The Morgan fingerprint density at radius 2 is 1.95 bits per heavy atom. The molecule has 0 amide bonds. The maximum atomic E-state index is 13.5. The van der Waals surface area contributed by atoms with Crippen molar-refractivity contribution in [3.05, 3.63) is 70.2 Å². The molecule has 10 nitrogen and oxygen atoms in total. The molecule has 2 fully saturated rings. The van der Waals surface area contributed by atoms with Crippen molar-refractivity contribution in [1.29, 1.82) is 0 Å². The minimum atomic E-state index is -0.391. The number of aromatic nitrogens is 5. The molecule has 1 aromatic carbocycles. The normalized spacial score (nSPS) is 18.7. The predicted molar refractivity (Wildman–Crippen MR) is 143 cm³/mol. The standard InChI is InChI=1S/C28H35N7O3/c1-2-37-22-10-11-25-20(17-22)18-24(28(36)29-25)26(27-30-31-32-35(27)19-23-9-6-16-38-23)34-14-12-33(13-15-34)21-7-4-3-5-8-21/h6,9-11,16-18,21,26H,2-5,7-8,12-15,19H2,1H3,(H,29,36). The van der Waals surface area contributed by atoms with Crippen LogP contribution in [0.25, 0.3) is 10.9 Å². The van der Waals surface area contributed by atoms with Gasteiger partial charge in [-0.1, -0.05) is 19.3 Å². The summed E-state index contributed by atoms with van der Waals surface area (Å²) in [4.78, 5) is 21.6. The van der Waals surface area contributed by atoms with Crippen molar-refractivity contribution in [2.24, 2.45) is 0 Å². The number of hydrogen-bond acceptors (Lipinski definition) is 8. The summed E-state index contributed by atoms with van der Waals surface area (Å²) in [6.07, 6.45) is 8.23. The molecule has 1 atom stereocenters. The van der Waals surface area contributed by atoms with Crippen LogP contribution >= 0.6 is 0 Å². The summed E-state index contributed by atoms with van der Waals surface area (Å²) < 4.78 is 13.0. The predicted octanol–water partition coefficient (Wildman–Crippen LogP) is 3.59. The number of hydrogen-bond donors (Lipinski definition) is 1. The van der Waals surface area contributed by atoms with E-state index < -0.39 is 6.04 Å². The van der Waals surface area contributed by atoms with Gasteiger partial charge >= 0.3 is 0 Å². The fraction of sp³-hybridized carbons (Fsp3) is 0.500. The quantitative estimate of drug-likeness (QED) is 0.378. The molecule has 38 heavy (non-hydrogen) atoms. The van der Waals surface area contributed by atoms with E-state index in [0.29, 0.717) is 30.6 Å². The number of H-pyrrole nitrogens is 1. The number of rotatable bonds is 8. The molecule has 4 heterocycles. The fourth-order valence-corrected chi connectivity index (χ4v) is 6.04. The van der Waals surface area contributed by atoms with Crippen LogP contribution in [0.5, 0.6) is 5.75 Å². The van der Waals surface area contributed by atoms with Gasteiger partial charge in [0.2, 0.25) is 0 Å². The number of tetrazole rings is 1. The van der Waals surface area contributed by atoms with Crippen LogP contribution in [0.2, 0.25) is 0 Å². The van der Waals surface area contributed by atoms with Crippen LogP contribution in [-0.4, -0.2) is 73.8 Å². The first-order valence-corrected chi connectivity index (χ1v) is 13.8. The van der Waals surface area contributed by atoms with E-state index in [1.54, 1.807) is 10.9 Å². The number of fused-ring (bicyclic) bond motifs is 1. The van der Waals surface area contributed by atoms with Crippen molar-refractivity contribution < 1.29 is 9.15 Å². The van der Waals surface area contributed by atoms with Crippen LogP contribution < -0.4 is 10.3 Å². The number of ether oxygens (including phenoxy) is 1. The number of aromatic amines is 1. The Balaban J connectivity index is 1.36. The molecular weight excluding hydrogens is 482 g/mol. The van der Waals surface area contributed by atoms with Crippen LogP contribution in [0.1, 0.15) is 62.2 Å². The summed E-state index contributed by atoms with van der Waals surface area (Å²) in [6.45, 7) is 6.56. The average Bonchev–Trinajstić information content (AvgIpc) is 3.63.